The first-order valence-electron chi connectivity index (χ1n) is 5.25. The third-order valence-electron chi connectivity index (χ3n) is 2.71. The van der Waals surface area contributed by atoms with Gasteiger partial charge in [-0.05, 0) is 27.7 Å². The van der Waals surface area contributed by atoms with Crippen LogP contribution in [0, 0.1) is 32.1 Å². The number of amides is 1. The number of rotatable bonds is 3. The quantitative estimate of drug-likeness (QED) is 0.734. The van der Waals surface area contributed by atoms with Gasteiger partial charge in [-0.3, -0.25) is 4.79 Å². The van der Waals surface area contributed by atoms with E-state index >= 15 is 0 Å². The van der Waals surface area contributed by atoms with E-state index in [-0.39, 0.29) is 12.5 Å². The van der Waals surface area contributed by atoms with E-state index in [4.69, 9.17) is 9.68 Å². The number of nitrogens with zero attached hydrogens (tertiary/aromatic N) is 2. The minimum Gasteiger partial charge on any atom is -0.466 e. The molecule has 0 aliphatic carbocycles. The van der Waals surface area contributed by atoms with Crippen molar-refractivity contribution in [2.24, 2.45) is 0 Å². The van der Waals surface area contributed by atoms with Gasteiger partial charge in [0.15, 0.2) is 0 Å². The summed E-state index contributed by atoms with van der Waals surface area (Å²) in [4.78, 5) is 13.6. The summed E-state index contributed by atoms with van der Waals surface area (Å²) in [6.45, 7) is 7.95. The molecular formula is C12H16N2O2. The normalized spacial score (nSPS) is 9.94. The van der Waals surface area contributed by atoms with Crippen LogP contribution in [-0.4, -0.2) is 23.9 Å². The van der Waals surface area contributed by atoms with Crippen molar-refractivity contribution in [2.45, 2.75) is 27.7 Å². The molecule has 1 heterocycles. The Morgan fingerprint density at radius 1 is 1.38 bits per heavy atom. The first-order chi connectivity index (χ1) is 7.52. The SMILES string of the molecule is CCN(CC#N)C(=O)c1c(C)oc(C)c1C. The molecule has 0 radical (unpaired) electrons. The lowest BCUT2D eigenvalue weighted by molar-refractivity contribution is 0.0782. The van der Waals surface area contributed by atoms with E-state index in [2.05, 4.69) is 0 Å². The standard InChI is InChI=1S/C12H16N2O2/c1-5-14(7-6-13)12(15)11-8(2)9(3)16-10(11)4/h5,7H2,1-4H3. The Labute approximate surface area is 95.5 Å². The van der Waals surface area contributed by atoms with Crippen molar-refractivity contribution in [2.75, 3.05) is 13.1 Å². The molecule has 0 aliphatic rings. The Kier molecular flexibility index (Phi) is 3.73. The van der Waals surface area contributed by atoms with Gasteiger partial charge in [0.1, 0.15) is 18.1 Å². The lowest BCUT2D eigenvalue weighted by Gasteiger charge is -2.17. The fraction of sp³-hybridized carbons (Fsp3) is 0.500. The molecule has 1 amide bonds. The molecule has 0 fully saturated rings. The molecule has 0 unspecified atom stereocenters. The molecule has 0 aliphatic heterocycles. The van der Waals surface area contributed by atoms with Crippen LogP contribution in [0.15, 0.2) is 4.42 Å². The average Bonchev–Trinajstić information content (AvgIpc) is 2.49. The Morgan fingerprint density at radius 2 is 2.00 bits per heavy atom. The van der Waals surface area contributed by atoms with Crippen molar-refractivity contribution in [3.05, 3.63) is 22.6 Å². The number of carbonyl (C=O) groups excluding carboxylic acids is 1. The Hall–Kier alpha value is -1.76. The van der Waals surface area contributed by atoms with E-state index in [9.17, 15) is 4.79 Å². The minimum atomic E-state index is -0.129. The second-order valence-corrected chi connectivity index (χ2v) is 3.69. The lowest BCUT2D eigenvalue weighted by Crippen LogP contribution is -2.31. The van der Waals surface area contributed by atoms with Crippen molar-refractivity contribution >= 4 is 5.91 Å². The van der Waals surface area contributed by atoms with Gasteiger partial charge in [-0.1, -0.05) is 0 Å². The molecule has 0 spiro atoms. The van der Waals surface area contributed by atoms with Crippen LogP contribution in [0.3, 0.4) is 0 Å². The van der Waals surface area contributed by atoms with Crippen LogP contribution in [0.5, 0.6) is 0 Å². The first-order valence-corrected chi connectivity index (χ1v) is 5.25. The van der Waals surface area contributed by atoms with Crippen LogP contribution >= 0.6 is 0 Å². The van der Waals surface area contributed by atoms with Gasteiger partial charge in [0, 0.05) is 12.1 Å². The molecule has 0 N–H and O–H groups in total. The molecular weight excluding hydrogens is 204 g/mol. The van der Waals surface area contributed by atoms with E-state index < -0.39 is 0 Å². The maximum absolute atomic E-state index is 12.1. The van der Waals surface area contributed by atoms with Gasteiger partial charge in [0.25, 0.3) is 5.91 Å². The predicted molar refractivity (Wildman–Crippen MR) is 60.1 cm³/mol. The summed E-state index contributed by atoms with van der Waals surface area (Å²) in [7, 11) is 0. The van der Waals surface area contributed by atoms with Crippen LogP contribution in [-0.2, 0) is 0 Å². The molecule has 4 nitrogen and oxygen atoms in total. The number of hydrogen-bond donors (Lipinski definition) is 0. The largest absolute Gasteiger partial charge is 0.466 e. The molecule has 4 heteroatoms. The molecule has 0 atom stereocenters. The van der Waals surface area contributed by atoms with Gasteiger partial charge in [-0.25, -0.2) is 0 Å². The molecule has 1 rings (SSSR count). The van der Waals surface area contributed by atoms with Gasteiger partial charge >= 0.3 is 0 Å². The van der Waals surface area contributed by atoms with Gasteiger partial charge in [0.05, 0.1) is 11.6 Å². The van der Waals surface area contributed by atoms with Crippen molar-refractivity contribution in [1.82, 2.24) is 4.90 Å². The van der Waals surface area contributed by atoms with E-state index in [1.807, 2.05) is 26.8 Å². The van der Waals surface area contributed by atoms with Gasteiger partial charge in [-0.15, -0.1) is 0 Å². The smallest absolute Gasteiger partial charge is 0.258 e. The third kappa shape index (κ3) is 2.08. The molecule has 86 valence electrons. The average molecular weight is 220 g/mol. The van der Waals surface area contributed by atoms with Gasteiger partial charge < -0.3 is 9.32 Å². The Balaban J connectivity index is 3.09. The van der Waals surface area contributed by atoms with Crippen LogP contribution in [0.4, 0.5) is 0 Å². The van der Waals surface area contributed by atoms with Crippen LogP contribution < -0.4 is 0 Å². The zero-order valence-corrected chi connectivity index (χ0v) is 10.1. The maximum Gasteiger partial charge on any atom is 0.258 e. The van der Waals surface area contributed by atoms with Crippen LogP contribution in [0.25, 0.3) is 0 Å². The lowest BCUT2D eigenvalue weighted by atomic mass is 10.1. The molecule has 0 saturated heterocycles. The Morgan fingerprint density at radius 3 is 2.38 bits per heavy atom. The third-order valence-corrected chi connectivity index (χ3v) is 2.71. The zero-order chi connectivity index (χ0) is 12.3. The van der Waals surface area contributed by atoms with Crippen molar-refractivity contribution < 1.29 is 9.21 Å². The highest BCUT2D eigenvalue weighted by Gasteiger charge is 2.22. The fourth-order valence-corrected chi connectivity index (χ4v) is 1.68. The summed E-state index contributed by atoms with van der Waals surface area (Å²) in [6, 6.07) is 1.99. The Bertz CT molecular complexity index is 441. The van der Waals surface area contributed by atoms with Gasteiger partial charge in [0.2, 0.25) is 0 Å². The molecule has 1 aromatic rings. The second kappa shape index (κ2) is 4.84. The summed E-state index contributed by atoms with van der Waals surface area (Å²) >= 11 is 0. The zero-order valence-electron chi connectivity index (χ0n) is 10.1. The number of furan rings is 1. The maximum atomic E-state index is 12.1. The molecule has 16 heavy (non-hydrogen) atoms. The first kappa shape index (κ1) is 12.3. The van der Waals surface area contributed by atoms with Crippen LogP contribution in [0.1, 0.15) is 34.4 Å². The summed E-state index contributed by atoms with van der Waals surface area (Å²) in [5.74, 6) is 1.25. The van der Waals surface area contributed by atoms with Crippen molar-refractivity contribution in [1.29, 1.82) is 5.26 Å². The predicted octanol–water partition coefficient (Wildman–Crippen LogP) is 2.19. The second-order valence-electron chi connectivity index (χ2n) is 3.69. The van der Waals surface area contributed by atoms with Crippen molar-refractivity contribution in [3.8, 4) is 6.07 Å². The summed E-state index contributed by atoms with van der Waals surface area (Å²) in [5, 5.41) is 8.64. The van der Waals surface area contributed by atoms with E-state index in [0.29, 0.717) is 17.9 Å². The van der Waals surface area contributed by atoms with E-state index in [1.54, 1.807) is 6.92 Å². The van der Waals surface area contributed by atoms with Gasteiger partial charge in [-0.2, -0.15) is 5.26 Å². The highest BCUT2D eigenvalue weighted by atomic mass is 16.3. The molecule has 0 saturated carbocycles. The number of hydrogen-bond acceptors (Lipinski definition) is 3. The summed E-state index contributed by atoms with van der Waals surface area (Å²) in [6.07, 6.45) is 0. The summed E-state index contributed by atoms with van der Waals surface area (Å²) in [5.41, 5.74) is 1.45. The summed E-state index contributed by atoms with van der Waals surface area (Å²) < 4.78 is 5.41. The number of nitriles is 1. The molecule has 0 aromatic carbocycles. The monoisotopic (exact) mass is 220 g/mol. The van der Waals surface area contributed by atoms with Crippen molar-refractivity contribution in [3.63, 3.8) is 0 Å². The van der Waals surface area contributed by atoms with E-state index in [0.717, 1.165) is 11.3 Å². The fourth-order valence-electron chi connectivity index (χ4n) is 1.68. The number of carbonyl (C=O) groups is 1. The topological polar surface area (TPSA) is 57.2 Å². The highest BCUT2D eigenvalue weighted by Crippen LogP contribution is 2.22. The molecule has 0 bridgehead atoms. The van der Waals surface area contributed by atoms with E-state index in [1.165, 1.54) is 4.90 Å². The number of aryl methyl sites for hydroxylation is 2. The van der Waals surface area contributed by atoms with Crippen LogP contribution in [0.2, 0.25) is 0 Å². The minimum absolute atomic E-state index is 0.110. The highest BCUT2D eigenvalue weighted by molar-refractivity contribution is 5.97. The molecule has 1 aromatic heterocycles.